The Balaban J connectivity index is 1.54. The van der Waals surface area contributed by atoms with E-state index in [2.05, 4.69) is 5.32 Å². The molecule has 0 spiro atoms. The van der Waals surface area contributed by atoms with Gasteiger partial charge in [-0.05, 0) is 28.7 Å². The molecule has 0 saturated heterocycles. The summed E-state index contributed by atoms with van der Waals surface area (Å²) in [6.45, 7) is 0.648. The second-order valence-electron chi connectivity index (χ2n) is 7.74. The van der Waals surface area contributed by atoms with Crippen molar-refractivity contribution in [1.29, 1.82) is 0 Å². The predicted octanol–water partition coefficient (Wildman–Crippen LogP) is 3.49. The zero-order valence-electron chi connectivity index (χ0n) is 17.5. The molecule has 1 amide bonds. The summed E-state index contributed by atoms with van der Waals surface area (Å²) in [5, 5.41) is 3.17. The van der Waals surface area contributed by atoms with Crippen molar-refractivity contribution in [3.63, 3.8) is 0 Å². The lowest BCUT2D eigenvalue weighted by atomic mass is 9.94. The molecular formula is C26H26N2O3. The van der Waals surface area contributed by atoms with Crippen molar-refractivity contribution in [2.45, 2.75) is 25.0 Å². The topological polar surface area (TPSA) is 58.6 Å². The van der Waals surface area contributed by atoms with E-state index in [9.17, 15) is 9.59 Å². The van der Waals surface area contributed by atoms with Gasteiger partial charge in [0.25, 0.3) is 0 Å². The minimum atomic E-state index is -0.474. The molecule has 0 unspecified atom stereocenters. The van der Waals surface area contributed by atoms with Crippen molar-refractivity contribution in [1.82, 2.24) is 10.2 Å². The van der Waals surface area contributed by atoms with Gasteiger partial charge < -0.3 is 10.1 Å². The summed E-state index contributed by atoms with van der Waals surface area (Å²) >= 11 is 0. The highest BCUT2D eigenvalue weighted by Gasteiger charge is 2.33. The van der Waals surface area contributed by atoms with E-state index in [1.807, 2.05) is 89.8 Å². The average molecular weight is 415 g/mol. The Morgan fingerprint density at radius 3 is 2.03 bits per heavy atom. The maximum atomic E-state index is 13.1. The smallest absolute Gasteiger partial charge is 0.323 e. The van der Waals surface area contributed by atoms with Crippen LogP contribution < -0.4 is 5.32 Å². The maximum Gasteiger partial charge on any atom is 0.323 e. The number of carbonyl (C=O) groups excluding carboxylic acids is 2. The molecule has 5 nitrogen and oxygen atoms in total. The van der Waals surface area contributed by atoms with Gasteiger partial charge in [0.05, 0.1) is 19.7 Å². The highest BCUT2D eigenvalue weighted by molar-refractivity contribution is 5.81. The number of hydrogen-bond donors (Lipinski definition) is 1. The van der Waals surface area contributed by atoms with Crippen LogP contribution in [0.25, 0.3) is 0 Å². The molecular weight excluding hydrogens is 388 g/mol. The normalized spacial score (nSPS) is 15.9. The van der Waals surface area contributed by atoms with Crippen LogP contribution in [0.1, 0.15) is 28.3 Å². The number of fused-ring (bicyclic) bond motifs is 1. The van der Waals surface area contributed by atoms with Crippen LogP contribution in [-0.2, 0) is 27.3 Å². The largest absolute Gasteiger partial charge is 0.468 e. The van der Waals surface area contributed by atoms with Gasteiger partial charge in [0.2, 0.25) is 5.91 Å². The SMILES string of the molecule is COC(=O)[C@H]1Cc2ccccc2CN1CC(=O)NC(c1ccccc1)c1ccccc1. The molecule has 4 rings (SSSR count). The van der Waals surface area contributed by atoms with Crippen molar-refractivity contribution >= 4 is 11.9 Å². The fourth-order valence-electron chi connectivity index (χ4n) is 4.15. The number of rotatable bonds is 6. The molecule has 3 aromatic carbocycles. The van der Waals surface area contributed by atoms with Crippen LogP contribution in [0.2, 0.25) is 0 Å². The number of hydrogen-bond acceptors (Lipinski definition) is 4. The summed E-state index contributed by atoms with van der Waals surface area (Å²) in [5.41, 5.74) is 4.28. The summed E-state index contributed by atoms with van der Waals surface area (Å²) in [7, 11) is 1.39. The summed E-state index contributed by atoms with van der Waals surface area (Å²) in [5.74, 6) is -0.448. The van der Waals surface area contributed by atoms with Crippen molar-refractivity contribution < 1.29 is 14.3 Å². The van der Waals surface area contributed by atoms with E-state index in [0.717, 1.165) is 22.3 Å². The molecule has 1 aliphatic heterocycles. The Labute approximate surface area is 182 Å². The molecule has 0 fully saturated rings. The van der Waals surface area contributed by atoms with Crippen molar-refractivity contribution in [3.05, 3.63) is 107 Å². The number of carbonyl (C=O) groups is 2. The highest BCUT2D eigenvalue weighted by atomic mass is 16.5. The van der Waals surface area contributed by atoms with Gasteiger partial charge in [-0.25, -0.2) is 0 Å². The Morgan fingerprint density at radius 1 is 0.903 bits per heavy atom. The molecule has 3 aromatic rings. The van der Waals surface area contributed by atoms with Gasteiger partial charge in [0, 0.05) is 6.54 Å². The van der Waals surface area contributed by atoms with E-state index in [1.165, 1.54) is 7.11 Å². The van der Waals surface area contributed by atoms with E-state index in [4.69, 9.17) is 4.74 Å². The molecule has 0 bridgehead atoms. The Morgan fingerprint density at radius 2 is 1.45 bits per heavy atom. The van der Waals surface area contributed by atoms with Crippen molar-refractivity contribution in [3.8, 4) is 0 Å². The third kappa shape index (κ3) is 4.84. The molecule has 1 aliphatic rings. The van der Waals surface area contributed by atoms with Gasteiger partial charge in [-0.3, -0.25) is 14.5 Å². The molecule has 158 valence electrons. The Hall–Kier alpha value is -3.44. The first-order valence-corrected chi connectivity index (χ1v) is 10.4. The lowest BCUT2D eigenvalue weighted by molar-refractivity contribution is -0.148. The Bertz CT molecular complexity index is 997. The van der Waals surface area contributed by atoms with E-state index >= 15 is 0 Å². The summed E-state index contributed by atoms with van der Waals surface area (Å²) in [6.07, 6.45) is 0.539. The van der Waals surface area contributed by atoms with Crippen LogP contribution >= 0.6 is 0 Å². The number of nitrogens with zero attached hydrogens (tertiary/aromatic N) is 1. The molecule has 1 N–H and O–H groups in total. The lowest BCUT2D eigenvalue weighted by Crippen LogP contribution is -2.50. The first-order valence-electron chi connectivity index (χ1n) is 10.4. The molecule has 0 aliphatic carbocycles. The molecule has 1 atom stereocenters. The van der Waals surface area contributed by atoms with Gasteiger partial charge in [0.1, 0.15) is 6.04 Å². The number of methoxy groups -OCH3 is 1. The third-order valence-corrected chi connectivity index (χ3v) is 5.74. The van der Waals surface area contributed by atoms with Crippen LogP contribution in [0.3, 0.4) is 0 Å². The quantitative estimate of drug-likeness (QED) is 0.628. The fraction of sp³-hybridized carbons (Fsp3) is 0.231. The monoisotopic (exact) mass is 414 g/mol. The second kappa shape index (κ2) is 9.58. The molecule has 5 heteroatoms. The van der Waals surface area contributed by atoms with Gasteiger partial charge in [-0.2, -0.15) is 0 Å². The van der Waals surface area contributed by atoms with Crippen LogP contribution in [-0.4, -0.2) is 36.5 Å². The standard InChI is InChI=1S/C26H26N2O3/c1-31-26(30)23-16-21-14-8-9-15-22(21)17-28(23)18-24(29)27-25(19-10-4-2-5-11-19)20-12-6-3-7-13-20/h2-15,23,25H,16-18H2,1H3,(H,27,29)/t23-/m1/s1. The lowest BCUT2D eigenvalue weighted by Gasteiger charge is -2.35. The van der Waals surface area contributed by atoms with E-state index in [-0.39, 0.29) is 24.5 Å². The van der Waals surface area contributed by atoms with Gasteiger partial charge in [-0.15, -0.1) is 0 Å². The Kier molecular flexibility index (Phi) is 6.43. The van der Waals surface area contributed by atoms with Gasteiger partial charge in [0.15, 0.2) is 0 Å². The van der Waals surface area contributed by atoms with Crippen LogP contribution in [0, 0.1) is 0 Å². The van der Waals surface area contributed by atoms with Gasteiger partial charge in [-0.1, -0.05) is 84.9 Å². The highest BCUT2D eigenvalue weighted by Crippen LogP contribution is 2.25. The molecule has 0 aromatic heterocycles. The third-order valence-electron chi connectivity index (χ3n) is 5.74. The number of ether oxygens (including phenoxy) is 1. The number of esters is 1. The molecule has 0 radical (unpaired) electrons. The zero-order valence-corrected chi connectivity index (χ0v) is 17.5. The number of benzene rings is 3. The fourth-order valence-corrected chi connectivity index (χ4v) is 4.15. The van der Waals surface area contributed by atoms with E-state index < -0.39 is 6.04 Å². The minimum absolute atomic E-state index is 0.115. The zero-order chi connectivity index (χ0) is 21.6. The summed E-state index contributed by atoms with van der Waals surface area (Å²) in [6, 6.07) is 27.1. The summed E-state index contributed by atoms with van der Waals surface area (Å²) < 4.78 is 5.02. The summed E-state index contributed by atoms with van der Waals surface area (Å²) in [4.78, 5) is 27.5. The second-order valence-corrected chi connectivity index (χ2v) is 7.74. The minimum Gasteiger partial charge on any atom is -0.468 e. The van der Waals surface area contributed by atoms with Crippen LogP contribution in [0.4, 0.5) is 0 Å². The number of amides is 1. The van der Waals surface area contributed by atoms with Crippen LogP contribution in [0.15, 0.2) is 84.9 Å². The molecule has 0 saturated carbocycles. The molecule has 31 heavy (non-hydrogen) atoms. The maximum absolute atomic E-state index is 13.1. The van der Waals surface area contributed by atoms with Crippen LogP contribution in [0.5, 0.6) is 0 Å². The van der Waals surface area contributed by atoms with E-state index in [0.29, 0.717) is 13.0 Å². The predicted molar refractivity (Wildman–Crippen MR) is 119 cm³/mol. The molecule has 1 heterocycles. The van der Waals surface area contributed by atoms with Gasteiger partial charge >= 0.3 is 5.97 Å². The van der Waals surface area contributed by atoms with Crippen molar-refractivity contribution in [2.75, 3.05) is 13.7 Å². The first kappa shape index (κ1) is 20.8. The first-order chi connectivity index (χ1) is 15.2. The van der Waals surface area contributed by atoms with Crippen molar-refractivity contribution in [2.24, 2.45) is 0 Å². The van der Waals surface area contributed by atoms with E-state index in [1.54, 1.807) is 0 Å². The number of nitrogens with one attached hydrogen (secondary N) is 1. The average Bonchev–Trinajstić information content (AvgIpc) is 2.82.